The Kier molecular flexibility index (Phi) is 6.15. The Hall–Kier alpha value is -2.55. The van der Waals surface area contributed by atoms with Crippen molar-refractivity contribution in [3.05, 3.63) is 35.9 Å². The number of hydrogen-bond donors (Lipinski definition) is 0. The Labute approximate surface area is 157 Å². The van der Waals surface area contributed by atoms with Crippen molar-refractivity contribution in [2.45, 2.75) is 43.4 Å². The molecule has 0 aliphatic carbocycles. The largest absolute Gasteiger partial charge is 0.473 e. The van der Waals surface area contributed by atoms with E-state index in [4.69, 9.17) is 4.74 Å². The molecule has 0 radical (unpaired) electrons. The minimum Gasteiger partial charge on any atom is -0.469 e. The van der Waals surface area contributed by atoms with Crippen molar-refractivity contribution >= 4 is 26.8 Å². The van der Waals surface area contributed by atoms with Gasteiger partial charge in [0.05, 0.1) is 24.7 Å². The fourth-order valence-corrected chi connectivity index (χ4v) is 4.09. The molecule has 9 nitrogen and oxygen atoms in total. The maximum atomic E-state index is 13.0. The second-order valence-electron chi connectivity index (χ2n) is 6.42. The van der Waals surface area contributed by atoms with Crippen molar-refractivity contribution < 1.29 is 32.3 Å². The van der Waals surface area contributed by atoms with Crippen LogP contribution in [0.1, 0.15) is 26.7 Å². The lowest BCUT2D eigenvalue weighted by atomic mass is 10.1. The third-order valence-electron chi connectivity index (χ3n) is 4.28. The van der Waals surface area contributed by atoms with Crippen LogP contribution in [0.25, 0.3) is 5.53 Å². The lowest BCUT2D eigenvalue weighted by Gasteiger charge is -2.32. The number of hydrogen-bond acceptors (Lipinski definition) is 6. The molecule has 146 valence electrons. The van der Waals surface area contributed by atoms with Crippen molar-refractivity contribution in [3.63, 3.8) is 0 Å². The molecule has 10 heteroatoms. The van der Waals surface area contributed by atoms with Crippen LogP contribution in [-0.4, -0.2) is 60.5 Å². The van der Waals surface area contributed by atoms with Gasteiger partial charge in [-0.05, 0) is 32.4 Å². The van der Waals surface area contributed by atoms with Gasteiger partial charge in [-0.25, -0.2) is 8.42 Å². The highest BCUT2D eigenvalue weighted by molar-refractivity contribution is 8.08. The Morgan fingerprint density at radius 1 is 1.33 bits per heavy atom. The van der Waals surface area contributed by atoms with Gasteiger partial charge in [0.1, 0.15) is 5.72 Å². The molecule has 2 rings (SSSR count). The first kappa shape index (κ1) is 20.8. The predicted octanol–water partition coefficient (Wildman–Crippen LogP) is 1.01. The zero-order valence-electron chi connectivity index (χ0n) is 15.3. The standard InChI is InChI=1S/C17H21N3O6S/c1-17(2)20(12(11-26-17)9-10-14(21)25-3)16(22)15(19-18)27(23,24)13-7-5-4-6-8-13/h4-8,12H,9-11H2,1-3H3/t12-/m0/s1. The summed E-state index contributed by atoms with van der Waals surface area (Å²) >= 11 is 0. The molecule has 1 heterocycles. The monoisotopic (exact) mass is 395 g/mol. The minimum atomic E-state index is -4.34. The van der Waals surface area contributed by atoms with E-state index in [0.29, 0.717) is 0 Å². The van der Waals surface area contributed by atoms with Crippen LogP contribution in [0, 0.1) is 0 Å². The van der Waals surface area contributed by atoms with Crippen molar-refractivity contribution in [3.8, 4) is 0 Å². The van der Waals surface area contributed by atoms with E-state index >= 15 is 0 Å². The summed E-state index contributed by atoms with van der Waals surface area (Å²) in [5, 5.41) is -1.00. The van der Waals surface area contributed by atoms with E-state index in [1.54, 1.807) is 19.9 Å². The highest BCUT2D eigenvalue weighted by Crippen LogP contribution is 2.30. The molecule has 1 saturated heterocycles. The van der Waals surface area contributed by atoms with Crippen LogP contribution in [0.3, 0.4) is 0 Å². The molecule has 0 bridgehead atoms. The Morgan fingerprint density at radius 3 is 2.52 bits per heavy atom. The number of methoxy groups -OCH3 is 1. The van der Waals surface area contributed by atoms with Gasteiger partial charge in [0.2, 0.25) is 0 Å². The molecule has 0 aromatic heterocycles. The quantitative estimate of drug-likeness (QED) is 0.246. The van der Waals surface area contributed by atoms with Crippen LogP contribution < -0.4 is 0 Å². The van der Waals surface area contributed by atoms with E-state index in [0.717, 1.165) is 0 Å². The minimum absolute atomic E-state index is 0.0292. The van der Waals surface area contributed by atoms with Gasteiger partial charge in [-0.3, -0.25) is 14.5 Å². The number of amides is 1. The van der Waals surface area contributed by atoms with Gasteiger partial charge in [-0.1, -0.05) is 18.2 Å². The van der Waals surface area contributed by atoms with Gasteiger partial charge < -0.3 is 15.0 Å². The Balaban J connectivity index is 2.36. The van der Waals surface area contributed by atoms with Crippen LogP contribution in [-0.2, 0) is 28.9 Å². The average Bonchev–Trinajstić information content (AvgIpc) is 2.94. The van der Waals surface area contributed by atoms with Crippen molar-refractivity contribution in [2.75, 3.05) is 13.7 Å². The number of nitrogens with zero attached hydrogens (tertiary/aromatic N) is 3. The molecule has 0 N–H and O–H groups in total. The molecule has 1 aromatic rings. The summed E-state index contributed by atoms with van der Waals surface area (Å²) in [6.07, 6.45) is 0.243. The maximum Gasteiger partial charge on any atom is 0.473 e. The summed E-state index contributed by atoms with van der Waals surface area (Å²) < 4.78 is 35.7. The SMILES string of the molecule is COC(=O)CC[C@H]1COC(C)(C)N1C(=O)C(=[N+]=[N-])S(=O)(=O)c1ccccc1. The van der Waals surface area contributed by atoms with E-state index in [2.05, 4.69) is 9.53 Å². The topological polar surface area (TPSA) is 126 Å². The maximum absolute atomic E-state index is 13.0. The summed E-state index contributed by atoms with van der Waals surface area (Å²) in [6.45, 7) is 3.29. The number of ether oxygens (including phenoxy) is 2. The Morgan fingerprint density at radius 2 is 1.96 bits per heavy atom. The van der Waals surface area contributed by atoms with Gasteiger partial charge in [0.15, 0.2) is 0 Å². The molecule has 1 aliphatic rings. The third-order valence-corrected chi connectivity index (χ3v) is 5.94. The van der Waals surface area contributed by atoms with Crippen LogP contribution >= 0.6 is 0 Å². The molecule has 1 aromatic carbocycles. The number of rotatable bonds is 4. The molecule has 0 unspecified atom stereocenters. The van der Waals surface area contributed by atoms with Gasteiger partial charge in [-0.15, -0.1) is 4.79 Å². The molecule has 0 spiro atoms. The fourth-order valence-electron chi connectivity index (χ4n) is 2.92. The predicted molar refractivity (Wildman–Crippen MR) is 94.2 cm³/mol. The first-order chi connectivity index (χ1) is 12.6. The second-order valence-corrected chi connectivity index (χ2v) is 8.29. The van der Waals surface area contributed by atoms with Crippen LogP contribution in [0.4, 0.5) is 0 Å². The number of carbonyl (C=O) groups is 2. The first-order valence-corrected chi connectivity index (χ1v) is 9.70. The molecular formula is C17H21N3O6S. The number of sulfone groups is 1. The van der Waals surface area contributed by atoms with Crippen LogP contribution in [0.15, 0.2) is 35.2 Å². The third kappa shape index (κ3) is 4.24. The van der Waals surface area contributed by atoms with E-state index in [1.165, 1.54) is 36.3 Å². The van der Waals surface area contributed by atoms with Gasteiger partial charge in [0.25, 0.3) is 9.84 Å². The van der Waals surface area contributed by atoms with E-state index < -0.39 is 38.5 Å². The summed E-state index contributed by atoms with van der Waals surface area (Å²) in [6, 6.07) is 6.64. The summed E-state index contributed by atoms with van der Waals surface area (Å²) in [4.78, 5) is 28.2. The lowest BCUT2D eigenvalue weighted by Crippen LogP contribution is -2.52. The normalized spacial score (nSPS) is 18.6. The Bertz CT molecular complexity index is 875. The summed E-state index contributed by atoms with van der Waals surface area (Å²) in [5.74, 6) is -1.46. The summed E-state index contributed by atoms with van der Waals surface area (Å²) in [7, 11) is -3.08. The zero-order chi connectivity index (χ0) is 20.2. The number of benzene rings is 1. The van der Waals surface area contributed by atoms with Crippen LogP contribution in [0.2, 0.25) is 0 Å². The number of carbonyl (C=O) groups excluding carboxylic acids is 2. The zero-order valence-corrected chi connectivity index (χ0v) is 16.1. The van der Waals surface area contributed by atoms with Gasteiger partial charge in [-0.2, -0.15) is 0 Å². The molecule has 0 saturated carbocycles. The van der Waals surface area contributed by atoms with Crippen molar-refractivity contribution in [1.29, 1.82) is 0 Å². The van der Waals surface area contributed by atoms with E-state index in [-0.39, 0.29) is 24.3 Å². The molecule has 1 aliphatic heterocycles. The van der Waals surface area contributed by atoms with Crippen molar-refractivity contribution in [2.24, 2.45) is 0 Å². The fraction of sp³-hybridized carbons (Fsp3) is 0.471. The molecular weight excluding hydrogens is 374 g/mol. The highest BCUT2D eigenvalue weighted by atomic mass is 32.2. The molecule has 27 heavy (non-hydrogen) atoms. The van der Waals surface area contributed by atoms with Crippen LogP contribution in [0.5, 0.6) is 0 Å². The lowest BCUT2D eigenvalue weighted by molar-refractivity contribution is -0.145. The molecule has 1 amide bonds. The van der Waals surface area contributed by atoms with E-state index in [9.17, 15) is 23.5 Å². The first-order valence-electron chi connectivity index (χ1n) is 8.21. The van der Waals surface area contributed by atoms with Gasteiger partial charge >= 0.3 is 16.9 Å². The smallest absolute Gasteiger partial charge is 0.469 e. The average molecular weight is 395 g/mol. The molecule has 1 fully saturated rings. The van der Waals surface area contributed by atoms with Gasteiger partial charge in [0, 0.05) is 6.42 Å². The van der Waals surface area contributed by atoms with E-state index in [1.807, 2.05) is 0 Å². The highest BCUT2D eigenvalue weighted by Gasteiger charge is 2.51. The summed E-state index contributed by atoms with van der Waals surface area (Å²) in [5.41, 5.74) is 8.17. The number of esters is 1. The molecule has 1 atom stereocenters. The second kappa shape index (κ2) is 7.99. The van der Waals surface area contributed by atoms with Crippen molar-refractivity contribution in [1.82, 2.24) is 4.90 Å².